The molecule has 1 heterocycles. The number of hydrogen-bond donors (Lipinski definition) is 2. The number of piperidine rings is 1. The predicted molar refractivity (Wildman–Crippen MR) is 101 cm³/mol. The minimum Gasteiger partial charge on any atom is -0.396 e. The molecule has 1 aliphatic heterocycles. The molecule has 2 N–H and O–H groups in total. The van der Waals surface area contributed by atoms with Crippen LogP contribution in [0.3, 0.4) is 0 Å². The van der Waals surface area contributed by atoms with Crippen LogP contribution < -0.4 is 5.32 Å². The van der Waals surface area contributed by atoms with E-state index in [1.807, 2.05) is 24.3 Å². The summed E-state index contributed by atoms with van der Waals surface area (Å²) in [6, 6.07) is 7.72. The summed E-state index contributed by atoms with van der Waals surface area (Å²) >= 11 is 1.52. The molecule has 4 nitrogen and oxygen atoms in total. The van der Waals surface area contributed by atoms with Crippen molar-refractivity contribution < 1.29 is 9.90 Å². The molecule has 0 radical (unpaired) electrons. The molecule has 1 fully saturated rings. The van der Waals surface area contributed by atoms with Gasteiger partial charge in [-0.1, -0.05) is 26.0 Å². The van der Waals surface area contributed by atoms with Gasteiger partial charge in [-0.15, -0.1) is 11.8 Å². The second kappa shape index (κ2) is 9.44. The molecule has 1 aromatic carbocycles. The van der Waals surface area contributed by atoms with Crippen LogP contribution in [-0.2, 0) is 0 Å². The van der Waals surface area contributed by atoms with E-state index in [-0.39, 0.29) is 18.6 Å². The summed E-state index contributed by atoms with van der Waals surface area (Å²) in [5, 5.41) is 12.1. The van der Waals surface area contributed by atoms with E-state index in [2.05, 4.69) is 31.0 Å². The van der Waals surface area contributed by atoms with E-state index in [1.54, 1.807) is 0 Å². The number of nitrogens with one attached hydrogen (secondary N) is 1. The Balaban J connectivity index is 1.92. The lowest BCUT2D eigenvalue weighted by atomic mass is 9.92. The van der Waals surface area contributed by atoms with Gasteiger partial charge in [0.15, 0.2) is 0 Å². The number of likely N-dealkylation sites (tertiary alicyclic amines) is 1. The molecule has 0 saturated carbocycles. The number of nitrogens with zero attached hydrogens (tertiary/aromatic N) is 1. The van der Waals surface area contributed by atoms with Gasteiger partial charge in [0.25, 0.3) is 5.91 Å². The fourth-order valence-electron chi connectivity index (χ4n) is 3.61. The fourth-order valence-corrected chi connectivity index (χ4v) is 4.41. The normalized spacial score (nSPS) is 23.0. The highest BCUT2D eigenvalue weighted by Crippen LogP contribution is 2.23. The number of carbonyl (C=O) groups is 1. The molecule has 0 aromatic heterocycles. The van der Waals surface area contributed by atoms with Crippen LogP contribution in [0.15, 0.2) is 29.2 Å². The Hall–Kier alpha value is -1.04. The van der Waals surface area contributed by atoms with Crippen molar-refractivity contribution in [2.75, 3.05) is 32.0 Å². The lowest BCUT2D eigenvalue weighted by Gasteiger charge is -2.36. The van der Waals surface area contributed by atoms with Gasteiger partial charge in [0, 0.05) is 36.3 Å². The van der Waals surface area contributed by atoms with Crippen molar-refractivity contribution in [3.63, 3.8) is 0 Å². The molecule has 24 heavy (non-hydrogen) atoms. The number of benzene rings is 1. The van der Waals surface area contributed by atoms with Crippen LogP contribution in [0.1, 0.15) is 37.6 Å². The van der Waals surface area contributed by atoms with Crippen LogP contribution in [0.2, 0.25) is 0 Å². The van der Waals surface area contributed by atoms with Gasteiger partial charge in [-0.2, -0.15) is 0 Å². The molecule has 0 aliphatic carbocycles. The minimum atomic E-state index is -0.0263. The molecule has 5 heteroatoms. The summed E-state index contributed by atoms with van der Waals surface area (Å²) in [7, 11) is 0. The number of thioether (sulfide) groups is 1. The standard InChI is InChI=1S/C19H30N2O2S/c1-14-10-15(2)12-21(11-14)13-16(3)20-19(23)17-6-4-5-7-18(17)24-9-8-22/h4-7,14-16,22H,8-13H2,1-3H3,(H,20,23)/t14-,15-,16-/m1/s1. The second-order valence-corrected chi connectivity index (χ2v) is 8.24. The molecule has 1 saturated heterocycles. The number of aliphatic hydroxyl groups is 1. The van der Waals surface area contributed by atoms with E-state index in [4.69, 9.17) is 5.11 Å². The van der Waals surface area contributed by atoms with E-state index < -0.39 is 0 Å². The topological polar surface area (TPSA) is 52.6 Å². The Morgan fingerprint density at radius 2 is 2.00 bits per heavy atom. The largest absolute Gasteiger partial charge is 0.396 e. The summed E-state index contributed by atoms with van der Waals surface area (Å²) in [5.41, 5.74) is 0.697. The van der Waals surface area contributed by atoms with Crippen molar-refractivity contribution in [2.24, 2.45) is 11.8 Å². The third-order valence-electron chi connectivity index (χ3n) is 4.33. The zero-order valence-corrected chi connectivity index (χ0v) is 15.8. The Morgan fingerprint density at radius 1 is 1.33 bits per heavy atom. The highest BCUT2D eigenvalue weighted by molar-refractivity contribution is 7.99. The third kappa shape index (κ3) is 5.80. The summed E-state index contributed by atoms with van der Waals surface area (Å²) in [6.07, 6.45) is 1.30. The molecule has 0 bridgehead atoms. The molecule has 1 aliphatic rings. The first-order chi connectivity index (χ1) is 11.5. The van der Waals surface area contributed by atoms with Gasteiger partial charge in [-0.05, 0) is 37.3 Å². The van der Waals surface area contributed by atoms with E-state index in [1.165, 1.54) is 18.2 Å². The lowest BCUT2D eigenvalue weighted by molar-refractivity contribution is 0.0902. The SMILES string of the molecule is C[C@@H]1C[C@@H](C)CN(C[C@@H](C)NC(=O)c2ccccc2SCCO)C1. The van der Waals surface area contributed by atoms with Gasteiger partial charge in [-0.3, -0.25) is 4.79 Å². The smallest absolute Gasteiger partial charge is 0.252 e. The maximum absolute atomic E-state index is 12.6. The molecule has 134 valence electrons. The maximum atomic E-state index is 12.6. The van der Waals surface area contributed by atoms with Gasteiger partial charge in [-0.25, -0.2) is 0 Å². The molecule has 1 amide bonds. The van der Waals surface area contributed by atoms with Gasteiger partial charge < -0.3 is 15.3 Å². The quantitative estimate of drug-likeness (QED) is 0.743. The Bertz CT molecular complexity index is 528. The summed E-state index contributed by atoms with van der Waals surface area (Å²) in [4.78, 5) is 16.0. The molecule has 3 atom stereocenters. The first-order valence-electron chi connectivity index (χ1n) is 8.85. The number of amides is 1. The Kier molecular flexibility index (Phi) is 7.59. The summed E-state index contributed by atoms with van der Waals surface area (Å²) < 4.78 is 0. The maximum Gasteiger partial charge on any atom is 0.252 e. The van der Waals surface area contributed by atoms with Crippen molar-refractivity contribution in [2.45, 2.75) is 38.1 Å². The first kappa shape index (κ1) is 19.3. The van der Waals surface area contributed by atoms with Crippen LogP contribution >= 0.6 is 11.8 Å². The average molecular weight is 351 g/mol. The van der Waals surface area contributed by atoms with Gasteiger partial charge in [0.2, 0.25) is 0 Å². The van der Waals surface area contributed by atoms with Crippen LogP contribution in [0, 0.1) is 11.8 Å². The minimum absolute atomic E-state index is 0.0263. The van der Waals surface area contributed by atoms with Crippen molar-refractivity contribution >= 4 is 17.7 Å². The predicted octanol–water partition coefficient (Wildman–Crippen LogP) is 2.87. The van der Waals surface area contributed by atoms with Crippen LogP contribution in [-0.4, -0.2) is 53.9 Å². The third-order valence-corrected chi connectivity index (χ3v) is 5.39. The van der Waals surface area contributed by atoms with Gasteiger partial charge in [0.05, 0.1) is 12.2 Å². The number of rotatable bonds is 7. The average Bonchev–Trinajstić information content (AvgIpc) is 2.52. The number of hydrogen-bond acceptors (Lipinski definition) is 4. The number of carbonyl (C=O) groups excluding carboxylic acids is 1. The monoisotopic (exact) mass is 350 g/mol. The van der Waals surface area contributed by atoms with E-state index in [9.17, 15) is 4.79 Å². The molecule has 0 unspecified atom stereocenters. The summed E-state index contributed by atoms with van der Waals surface area (Å²) in [6.45, 7) is 9.93. The van der Waals surface area contributed by atoms with Gasteiger partial charge >= 0.3 is 0 Å². The Morgan fingerprint density at radius 3 is 2.67 bits per heavy atom. The zero-order chi connectivity index (χ0) is 17.5. The van der Waals surface area contributed by atoms with Crippen LogP contribution in [0.5, 0.6) is 0 Å². The molecular formula is C19H30N2O2S. The van der Waals surface area contributed by atoms with Gasteiger partial charge in [0.1, 0.15) is 0 Å². The number of aliphatic hydroxyl groups excluding tert-OH is 1. The Labute approximate surface area is 150 Å². The van der Waals surface area contributed by atoms with Crippen LogP contribution in [0.25, 0.3) is 0 Å². The second-order valence-electron chi connectivity index (χ2n) is 7.11. The lowest BCUT2D eigenvalue weighted by Crippen LogP contribution is -2.47. The van der Waals surface area contributed by atoms with Crippen molar-refractivity contribution in [1.29, 1.82) is 0 Å². The molecule has 1 aromatic rings. The fraction of sp³-hybridized carbons (Fsp3) is 0.632. The van der Waals surface area contributed by atoms with Crippen molar-refractivity contribution in [3.05, 3.63) is 29.8 Å². The zero-order valence-electron chi connectivity index (χ0n) is 15.0. The van der Waals surface area contributed by atoms with E-state index in [0.717, 1.165) is 36.4 Å². The molecule has 2 rings (SSSR count). The molecule has 0 spiro atoms. The van der Waals surface area contributed by atoms with Crippen LogP contribution in [0.4, 0.5) is 0 Å². The van der Waals surface area contributed by atoms with E-state index in [0.29, 0.717) is 11.3 Å². The van der Waals surface area contributed by atoms with Crippen molar-refractivity contribution in [1.82, 2.24) is 10.2 Å². The first-order valence-corrected chi connectivity index (χ1v) is 9.84. The van der Waals surface area contributed by atoms with Crippen molar-refractivity contribution in [3.8, 4) is 0 Å². The summed E-state index contributed by atoms with van der Waals surface area (Å²) in [5.74, 6) is 2.03. The highest BCUT2D eigenvalue weighted by atomic mass is 32.2. The molecular weight excluding hydrogens is 320 g/mol. The highest BCUT2D eigenvalue weighted by Gasteiger charge is 2.23. The van der Waals surface area contributed by atoms with E-state index >= 15 is 0 Å².